The molecule has 1 atom stereocenters. The van der Waals surface area contributed by atoms with Gasteiger partial charge in [-0.05, 0) is 13.3 Å². The molecule has 1 aliphatic rings. The van der Waals surface area contributed by atoms with E-state index < -0.39 is 0 Å². The number of carbonyl (C=O) groups is 3. The zero-order valence-corrected chi connectivity index (χ0v) is 10.9. The highest BCUT2D eigenvalue weighted by molar-refractivity contribution is 5.83. The van der Waals surface area contributed by atoms with E-state index in [1.54, 1.807) is 14.0 Å². The molecule has 18 heavy (non-hydrogen) atoms. The lowest BCUT2D eigenvalue weighted by Gasteiger charge is -2.26. The normalized spacial score (nSPS) is 19.0. The van der Waals surface area contributed by atoms with Gasteiger partial charge in [0.05, 0.1) is 18.9 Å². The Morgan fingerprint density at radius 1 is 1.50 bits per heavy atom. The van der Waals surface area contributed by atoms with Crippen LogP contribution in [0.2, 0.25) is 0 Å². The van der Waals surface area contributed by atoms with Crippen LogP contribution in [0.15, 0.2) is 0 Å². The van der Waals surface area contributed by atoms with Crippen molar-refractivity contribution >= 4 is 17.8 Å². The summed E-state index contributed by atoms with van der Waals surface area (Å²) >= 11 is 0. The average Bonchev–Trinajstić information content (AvgIpc) is 2.36. The molecular weight excluding hydrogens is 236 g/mol. The van der Waals surface area contributed by atoms with Gasteiger partial charge in [-0.15, -0.1) is 0 Å². The van der Waals surface area contributed by atoms with Gasteiger partial charge >= 0.3 is 5.97 Å². The summed E-state index contributed by atoms with van der Waals surface area (Å²) in [5.74, 6) is -0.503. The van der Waals surface area contributed by atoms with Crippen LogP contribution in [0.25, 0.3) is 0 Å². The monoisotopic (exact) mass is 256 g/mol. The van der Waals surface area contributed by atoms with Gasteiger partial charge in [-0.2, -0.15) is 0 Å². The minimum absolute atomic E-state index is 0.00627. The Hall–Kier alpha value is -1.59. The number of esters is 1. The molecule has 0 spiro atoms. The molecule has 1 fully saturated rings. The highest BCUT2D eigenvalue weighted by Crippen LogP contribution is 2.13. The Morgan fingerprint density at radius 2 is 2.22 bits per heavy atom. The van der Waals surface area contributed by atoms with Crippen molar-refractivity contribution < 1.29 is 19.1 Å². The molecule has 1 N–H and O–H groups in total. The summed E-state index contributed by atoms with van der Waals surface area (Å²) in [6, 6.07) is 0. The van der Waals surface area contributed by atoms with Crippen LogP contribution < -0.4 is 5.32 Å². The molecule has 0 radical (unpaired) electrons. The fourth-order valence-electron chi connectivity index (χ4n) is 1.86. The van der Waals surface area contributed by atoms with E-state index in [4.69, 9.17) is 4.74 Å². The van der Waals surface area contributed by atoms with E-state index in [0.717, 1.165) is 0 Å². The van der Waals surface area contributed by atoms with Gasteiger partial charge in [0.1, 0.15) is 0 Å². The first-order valence-corrected chi connectivity index (χ1v) is 6.22. The topological polar surface area (TPSA) is 75.7 Å². The number of hydrogen-bond donors (Lipinski definition) is 1. The number of nitrogens with zero attached hydrogens (tertiary/aromatic N) is 1. The first-order valence-electron chi connectivity index (χ1n) is 6.22. The standard InChI is InChI=1S/C12H20N2O4/c1-3-18-11(16)6-7-14(2)12(17)9-4-5-10(15)13-8-9/h9H,3-8H2,1-2H3,(H,13,15). The van der Waals surface area contributed by atoms with Crippen LogP contribution in [0, 0.1) is 5.92 Å². The van der Waals surface area contributed by atoms with Crippen molar-refractivity contribution in [3.63, 3.8) is 0 Å². The minimum atomic E-state index is -0.297. The molecule has 0 bridgehead atoms. The lowest BCUT2D eigenvalue weighted by molar-refractivity contribution is -0.144. The summed E-state index contributed by atoms with van der Waals surface area (Å²) < 4.78 is 4.80. The summed E-state index contributed by atoms with van der Waals surface area (Å²) in [4.78, 5) is 35.7. The minimum Gasteiger partial charge on any atom is -0.466 e. The zero-order valence-electron chi connectivity index (χ0n) is 10.9. The van der Waals surface area contributed by atoms with Crippen LogP contribution in [-0.2, 0) is 19.1 Å². The smallest absolute Gasteiger partial charge is 0.307 e. The molecule has 1 aliphatic heterocycles. The highest BCUT2D eigenvalue weighted by atomic mass is 16.5. The number of carbonyl (C=O) groups excluding carboxylic acids is 3. The number of amides is 2. The predicted octanol–water partition coefficient (Wildman–Crippen LogP) is -0.0758. The maximum atomic E-state index is 12.0. The van der Waals surface area contributed by atoms with Crippen molar-refractivity contribution in [2.45, 2.75) is 26.2 Å². The molecular formula is C12H20N2O4. The second kappa shape index (κ2) is 6.98. The fourth-order valence-corrected chi connectivity index (χ4v) is 1.86. The van der Waals surface area contributed by atoms with Gasteiger partial charge in [-0.25, -0.2) is 0 Å². The molecule has 0 aromatic rings. The largest absolute Gasteiger partial charge is 0.466 e. The quantitative estimate of drug-likeness (QED) is 0.698. The van der Waals surface area contributed by atoms with Gasteiger partial charge in [0.2, 0.25) is 11.8 Å². The molecule has 0 saturated carbocycles. The van der Waals surface area contributed by atoms with Gasteiger partial charge in [-0.3, -0.25) is 14.4 Å². The number of rotatable bonds is 5. The summed E-state index contributed by atoms with van der Waals surface area (Å²) in [5, 5.41) is 2.67. The summed E-state index contributed by atoms with van der Waals surface area (Å²) in [7, 11) is 1.66. The van der Waals surface area contributed by atoms with Crippen molar-refractivity contribution in [1.29, 1.82) is 0 Å². The van der Waals surface area contributed by atoms with E-state index in [1.807, 2.05) is 0 Å². The first kappa shape index (κ1) is 14.5. The first-order chi connectivity index (χ1) is 8.54. The summed E-state index contributed by atoms with van der Waals surface area (Å²) in [6.45, 7) is 2.84. The predicted molar refractivity (Wildman–Crippen MR) is 64.6 cm³/mol. The molecule has 0 aromatic carbocycles. The lowest BCUT2D eigenvalue weighted by atomic mass is 9.98. The lowest BCUT2D eigenvalue weighted by Crippen LogP contribution is -2.44. The molecule has 1 saturated heterocycles. The molecule has 1 heterocycles. The number of nitrogens with one attached hydrogen (secondary N) is 1. The van der Waals surface area contributed by atoms with Crippen LogP contribution in [0.4, 0.5) is 0 Å². The van der Waals surface area contributed by atoms with Gasteiger partial charge in [-0.1, -0.05) is 0 Å². The molecule has 0 aliphatic carbocycles. The van der Waals surface area contributed by atoms with Gasteiger partial charge in [0.25, 0.3) is 0 Å². The second-order valence-electron chi connectivity index (χ2n) is 4.35. The van der Waals surface area contributed by atoms with Crippen LogP contribution in [0.5, 0.6) is 0 Å². The van der Waals surface area contributed by atoms with E-state index in [-0.39, 0.29) is 30.1 Å². The third kappa shape index (κ3) is 4.35. The molecule has 2 amide bonds. The fraction of sp³-hybridized carbons (Fsp3) is 0.750. The molecule has 1 rings (SSSR count). The van der Waals surface area contributed by atoms with Crippen LogP contribution in [-0.4, -0.2) is 49.4 Å². The van der Waals surface area contributed by atoms with Crippen molar-refractivity contribution in [2.75, 3.05) is 26.7 Å². The highest BCUT2D eigenvalue weighted by Gasteiger charge is 2.26. The maximum Gasteiger partial charge on any atom is 0.307 e. The van der Waals surface area contributed by atoms with Crippen molar-refractivity contribution in [3.8, 4) is 0 Å². The Labute approximate surface area is 107 Å². The number of hydrogen-bond acceptors (Lipinski definition) is 4. The van der Waals surface area contributed by atoms with E-state index >= 15 is 0 Å². The number of ether oxygens (including phenoxy) is 1. The van der Waals surface area contributed by atoms with E-state index in [2.05, 4.69) is 5.32 Å². The Morgan fingerprint density at radius 3 is 2.78 bits per heavy atom. The Kier molecular flexibility index (Phi) is 5.61. The second-order valence-corrected chi connectivity index (χ2v) is 4.35. The maximum absolute atomic E-state index is 12.0. The van der Waals surface area contributed by atoms with Crippen LogP contribution >= 0.6 is 0 Å². The average molecular weight is 256 g/mol. The van der Waals surface area contributed by atoms with Gasteiger partial charge < -0.3 is 15.0 Å². The van der Waals surface area contributed by atoms with E-state index in [1.165, 1.54) is 4.90 Å². The Bertz CT molecular complexity index is 320. The molecule has 6 heteroatoms. The molecule has 0 aromatic heterocycles. The van der Waals surface area contributed by atoms with Crippen LogP contribution in [0.1, 0.15) is 26.2 Å². The Balaban J connectivity index is 2.32. The summed E-state index contributed by atoms with van der Waals surface area (Å²) in [5.41, 5.74) is 0. The van der Waals surface area contributed by atoms with Crippen LogP contribution in [0.3, 0.4) is 0 Å². The van der Waals surface area contributed by atoms with E-state index in [0.29, 0.717) is 32.5 Å². The molecule has 1 unspecified atom stereocenters. The van der Waals surface area contributed by atoms with Gasteiger partial charge in [0, 0.05) is 26.6 Å². The zero-order chi connectivity index (χ0) is 13.5. The van der Waals surface area contributed by atoms with E-state index in [9.17, 15) is 14.4 Å². The number of piperidine rings is 1. The molecule has 102 valence electrons. The van der Waals surface area contributed by atoms with Crippen molar-refractivity contribution in [1.82, 2.24) is 10.2 Å². The summed E-state index contributed by atoms with van der Waals surface area (Å²) in [6.07, 6.45) is 1.17. The van der Waals surface area contributed by atoms with Gasteiger partial charge in [0.15, 0.2) is 0 Å². The third-order valence-electron chi connectivity index (χ3n) is 2.95. The SMILES string of the molecule is CCOC(=O)CCN(C)C(=O)C1CCC(=O)NC1. The molecule has 6 nitrogen and oxygen atoms in total. The van der Waals surface area contributed by atoms with Crippen molar-refractivity contribution in [2.24, 2.45) is 5.92 Å². The third-order valence-corrected chi connectivity index (χ3v) is 2.95. The van der Waals surface area contributed by atoms with Crippen molar-refractivity contribution in [3.05, 3.63) is 0 Å².